The van der Waals surface area contributed by atoms with Crippen LogP contribution >= 0.6 is 46.7 Å². The summed E-state index contributed by atoms with van der Waals surface area (Å²) in [6.07, 6.45) is 0. The van der Waals surface area contributed by atoms with Crippen molar-refractivity contribution in [1.82, 2.24) is 0 Å². The molecule has 0 amide bonds. The van der Waals surface area contributed by atoms with Gasteiger partial charge in [0.1, 0.15) is 0 Å². The third kappa shape index (κ3) is 8.17. The lowest BCUT2D eigenvalue weighted by molar-refractivity contribution is 0.236. The van der Waals surface area contributed by atoms with Crippen LogP contribution in [0.25, 0.3) is 0 Å². The molecule has 34 heavy (non-hydrogen) atoms. The fourth-order valence-electron chi connectivity index (χ4n) is 2.94. The second-order valence-corrected chi connectivity index (χ2v) is 11.2. The van der Waals surface area contributed by atoms with E-state index in [4.69, 9.17) is 31.6 Å². The first kappa shape index (κ1) is 25.3. The van der Waals surface area contributed by atoms with Crippen molar-refractivity contribution in [2.24, 2.45) is 0 Å². The molecule has 0 saturated carbocycles. The quantitative estimate of drug-likeness (QED) is 0.199. The summed E-state index contributed by atoms with van der Waals surface area (Å²) in [5.74, 6) is 0. The van der Waals surface area contributed by atoms with Crippen LogP contribution in [0.5, 0.6) is 0 Å². The molecule has 0 spiro atoms. The Hall–Kier alpha value is -1.77. The second-order valence-electron chi connectivity index (χ2n) is 7.14. The number of benzene rings is 4. The lowest BCUT2D eigenvalue weighted by Gasteiger charge is -2.08. The molecule has 4 rings (SSSR count). The van der Waals surface area contributed by atoms with Crippen LogP contribution in [0.3, 0.4) is 0 Å². The Labute approximate surface area is 220 Å². The van der Waals surface area contributed by atoms with E-state index < -0.39 is 11.4 Å². The number of rotatable bonds is 10. The molecular weight excluding hydrogens is 527 g/mol. The minimum atomic E-state index is -1.86. The van der Waals surface area contributed by atoms with Gasteiger partial charge in [0.15, 0.2) is 0 Å². The van der Waals surface area contributed by atoms with Gasteiger partial charge in [-0.1, -0.05) is 71.0 Å². The first-order valence-corrected chi connectivity index (χ1v) is 13.7. The van der Waals surface area contributed by atoms with Crippen molar-refractivity contribution in [1.29, 1.82) is 0 Å². The average Bonchev–Trinajstić information content (AvgIpc) is 2.85. The zero-order chi connectivity index (χ0) is 23.8. The SMILES string of the molecule is O=S(OCc1cccc(Sc2ccc(Cl)cc2)c1)OCc1cccc(Sc2ccc(Cl)cc2)c1. The largest absolute Gasteiger partial charge is 0.305 e. The molecule has 0 N–H and O–H groups in total. The van der Waals surface area contributed by atoms with Crippen molar-refractivity contribution in [3.63, 3.8) is 0 Å². The first-order valence-electron chi connectivity index (χ1n) is 10.3. The van der Waals surface area contributed by atoms with Gasteiger partial charge in [-0.15, -0.1) is 0 Å². The predicted molar refractivity (Wildman–Crippen MR) is 142 cm³/mol. The monoisotopic (exact) mass is 546 g/mol. The summed E-state index contributed by atoms with van der Waals surface area (Å²) in [6.45, 7) is 0.377. The van der Waals surface area contributed by atoms with E-state index in [1.807, 2.05) is 97.1 Å². The minimum absolute atomic E-state index is 0.189. The normalized spacial score (nSPS) is 11.1. The highest BCUT2D eigenvalue weighted by Crippen LogP contribution is 2.30. The maximum absolute atomic E-state index is 12.2. The van der Waals surface area contributed by atoms with E-state index in [2.05, 4.69) is 0 Å². The van der Waals surface area contributed by atoms with Crippen LogP contribution in [-0.2, 0) is 32.9 Å². The maximum Gasteiger partial charge on any atom is 0.305 e. The molecule has 3 nitrogen and oxygen atoms in total. The molecule has 8 heteroatoms. The van der Waals surface area contributed by atoms with E-state index >= 15 is 0 Å². The van der Waals surface area contributed by atoms with Crippen molar-refractivity contribution in [3.8, 4) is 0 Å². The van der Waals surface area contributed by atoms with Crippen LogP contribution < -0.4 is 0 Å². The molecule has 0 aliphatic rings. The van der Waals surface area contributed by atoms with Crippen molar-refractivity contribution < 1.29 is 12.6 Å². The third-order valence-electron chi connectivity index (χ3n) is 4.54. The Bertz CT molecular complexity index is 1150. The summed E-state index contributed by atoms with van der Waals surface area (Å²) in [4.78, 5) is 4.30. The lowest BCUT2D eigenvalue weighted by Crippen LogP contribution is -2.03. The Kier molecular flexibility index (Phi) is 9.53. The molecule has 0 radical (unpaired) electrons. The summed E-state index contributed by atoms with van der Waals surface area (Å²) in [6, 6.07) is 31.2. The summed E-state index contributed by atoms with van der Waals surface area (Å²) >= 11 is 13.3. The molecule has 0 aliphatic heterocycles. The molecule has 4 aromatic carbocycles. The highest BCUT2D eigenvalue weighted by atomic mass is 35.5. The summed E-state index contributed by atoms with van der Waals surface area (Å²) in [5, 5.41) is 1.42. The molecule has 0 aromatic heterocycles. The molecule has 174 valence electrons. The molecular formula is C26H20Cl2O3S3. The highest BCUT2D eigenvalue weighted by molar-refractivity contribution is 7.99. The van der Waals surface area contributed by atoms with Gasteiger partial charge < -0.3 is 0 Å². The molecule has 0 atom stereocenters. The van der Waals surface area contributed by atoms with Gasteiger partial charge in [-0.2, -0.15) is 4.21 Å². The highest BCUT2D eigenvalue weighted by Gasteiger charge is 2.06. The van der Waals surface area contributed by atoms with Gasteiger partial charge >= 0.3 is 11.4 Å². The van der Waals surface area contributed by atoms with Gasteiger partial charge in [0.25, 0.3) is 0 Å². The van der Waals surface area contributed by atoms with Crippen LogP contribution in [0.2, 0.25) is 10.0 Å². The zero-order valence-corrected chi connectivity index (χ0v) is 21.8. The Morgan fingerprint density at radius 1 is 0.588 bits per heavy atom. The van der Waals surface area contributed by atoms with Gasteiger partial charge in [-0.05, 0) is 83.9 Å². The first-order chi connectivity index (χ1) is 16.5. The standard InChI is InChI=1S/C26H20Cl2O3S3/c27-21-7-11-23(12-8-21)32-25-5-1-3-19(15-25)17-30-34(29)31-18-20-4-2-6-26(16-20)33-24-13-9-22(28)10-14-24/h1-16H,17-18H2. The van der Waals surface area contributed by atoms with E-state index in [1.54, 1.807) is 23.5 Å². The third-order valence-corrected chi connectivity index (χ3v) is 7.66. The van der Waals surface area contributed by atoms with E-state index in [0.29, 0.717) is 10.0 Å². The van der Waals surface area contributed by atoms with Gasteiger partial charge in [-0.3, -0.25) is 8.37 Å². The minimum Gasteiger partial charge on any atom is -0.264 e. The molecule has 0 aliphatic carbocycles. The van der Waals surface area contributed by atoms with Gasteiger partial charge in [0.2, 0.25) is 0 Å². The Morgan fingerprint density at radius 2 is 1.00 bits per heavy atom. The van der Waals surface area contributed by atoms with Crippen molar-refractivity contribution >= 4 is 58.1 Å². The zero-order valence-electron chi connectivity index (χ0n) is 17.9. The van der Waals surface area contributed by atoms with E-state index in [0.717, 1.165) is 30.7 Å². The van der Waals surface area contributed by atoms with Crippen molar-refractivity contribution in [3.05, 3.63) is 118 Å². The second kappa shape index (κ2) is 12.8. The van der Waals surface area contributed by atoms with Crippen LogP contribution in [0.1, 0.15) is 11.1 Å². The summed E-state index contributed by atoms with van der Waals surface area (Å²) in [5.41, 5.74) is 1.83. The van der Waals surface area contributed by atoms with E-state index in [9.17, 15) is 4.21 Å². The fraction of sp³-hybridized carbons (Fsp3) is 0.0769. The van der Waals surface area contributed by atoms with Gasteiger partial charge in [-0.25, -0.2) is 0 Å². The Balaban J connectivity index is 1.26. The van der Waals surface area contributed by atoms with Crippen LogP contribution in [0.15, 0.2) is 117 Å². The number of hydrogen-bond donors (Lipinski definition) is 0. The van der Waals surface area contributed by atoms with E-state index in [-0.39, 0.29) is 13.2 Å². The van der Waals surface area contributed by atoms with Crippen LogP contribution in [0.4, 0.5) is 0 Å². The van der Waals surface area contributed by atoms with Crippen molar-refractivity contribution in [2.45, 2.75) is 32.8 Å². The summed E-state index contributed by atoms with van der Waals surface area (Å²) in [7, 11) is 0. The number of hydrogen-bond acceptors (Lipinski definition) is 5. The summed E-state index contributed by atoms with van der Waals surface area (Å²) < 4.78 is 23.1. The number of halogens is 2. The molecule has 4 aromatic rings. The molecule has 0 fully saturated rings. The van der Waals surface area contributed by atoms with Gasteiger partial charge in [0.05, 0.1) is 13.2 Å². The molecule has 0 bridgehead atoms. The lowest BCUT2D eigenvalue weighted by atomic mass is 10.2. The predicted octanol–water partition coefficient (Wildman–Crippen LogP) is 8.61. The topological polar surface area (TPSA) is 35.5 Å². The van der Waals surface area contributed by atoms with Crippen molar-refractivity contribution in [2.75, 3.05) is 0 Å². The van der Waals surface area contributed by atoms with E-state index in [1.165, 1.54) is 0 Å². The molecule has 0 saturated heterocycles. The maximum atomic E-state index is 12.2. The van der Waals surface area contributed by atoms with Gasteiger partial charge in [0, 0.05) is 29.6 Å². The van der Waals surface area contributed by atoms with Crippen LogP contribution in [0, 0.1) is 0 Å². The average molecular weight is 548 g/mol. The fourth-order valence-corrected chi connectivity index (χ4v) is 5.53. The van der Waals surface area contributed by atoms with Crippen LogP contribution in [-0.4, -0.2) is 4.21 Å². The molecule has 0 heterocycles. The molecule has 0 unspecified atom stereocenters. The smallest absolute Gasteiger partial charge is 0.264 e. The Morgan fingerprint density at radius 3 is 1.41 bits per heavy atom.